The third-order valence-electron chi connectivity index (χ3n) is 4.27. The lowest BCUT2D eigenvalue weighted by atomic mass is 10.2. The highest BCUT2D eigenvalue weighted by molar-refractivity contribution is 5.78. The number of benzene rings is 3. The predicted octanol–water partition coefficient (Wildman–Crippen LogP) is 3.81. The maximum atomic E-state index is 13.3. The van der Waals surface area contributed by atoms with Gasteiger partial charge in [0.1, 0.15) is 17.4 Å². The molecule has 6 nitrogen and oxygen atoms in total. The number of para-hydroxylation sites is 2. The SMILES string of the molecule is O=C(NCc1nc2ccccc2c(=O)n1-c1ccc(F)cc1)Oc1ccccc1. The van der Waals surface area contributed by atoms with Crippen LogP contribution in [-0.2, 0) is 6.54 Å². The Hall–Kier alpha value is -4.00. The van der Waals surface area contributed by atoms with Gasteiger partial charge in [0, 0.05) is 0 Å². The van der Waals surface area contributed by atoms with Crippen LogP contribution >= 0.6 is 0 Å². The van der Waals surface area contributed by atoms with E-state index in [1.165, 1.54) is 28.8 Å². The maximum Gasteiger partial charge on any atom is 0.412 e. The minimum atomic E-state index is -0.677. The molecule has 0 aliphatic rings. The van der Waals surface area contributed by atoms with Crippen LogP contribution in [0.4, 0.5) is 9.18 Å². The molecule has 144 valence electrons. The van der Waals surface area contributed by atoms with Gasteiger partial charge in [0.05, 0.1) is 23.1 Å². The molecule has 0 saturated carbocycles. The summed E-state index contributed by atoms with van der Waals surface area (Å²) in [7, 11) is 0. The number of amides is 1. The Balaban J connectivity index is 1.68. The molecule has 29 heavy (non-hydrogen) atoms. The molecule has 0 spiro atoms. The zero-order valence-electron chi connectivity index (χ0n) is 15.2. The average molecular weight is 389 g/mol. The molecular formula is C22H16FN3O3. The number of rotatable bonds is 4. The number of aromatic nitrogens is 2. The minimum Gasteiger partial charge on any atom is -0.410 e. The number of hydrogen-bond acceptors (Lipinski definition) is 4. The molecule has 0 atom stereocenters. The summed E-state index contributed by atoms with van der Waals surface area (Å²) in [5.41, 5.74) is 0.641. The minimum absolute atomic E-state index is 0.0525. The second-order valence-corrected chi connectivity index (χ2v) is 6.22. The summed E-state index contributed by atoms with van der Waals surface area (Å²) in [5.74, 6) is 0.277. The van der Waals surface area contributed by atoms with E-state index < -0.39 is 11.9 Å². The van der Waals surface area contributed by atoms with E-state index >= 15 is 0 Å². The van der Waals surface area contributed by atoms with Gasteiger partial charge in [0.15, 0.2) is 0 Å². The van der Waals surface area contributed by atoms with Gasteiger partial charge in [-0.05, 0) is 48.5 Å². The largest absolute Gasteiger partial charge is 0.412 e. The molecule has 0 unspecified atom stereocenters. The highest BCUT2D eigenvalue weighted by Crippen LogP contribution is 2.14. The van der Waals surface area contributed by atoms with Crippen LogP contribution in [0.3, 0.4) is 0 Å². The van der Waals surface area contributed by atoms with Crippen LogP contribution in [0.5, 0.6) is 5.75 Å². The molecule has 4 aromatic rings. The number of nitrogens with zero attached hydrogens (tertiary/aromatic N) is 2. The molecule has 1 amide bonds. The van der Waals surface area contributed by atoms with Crippen LogP contribution in [0.25, 0.3) is 16.6 Å². The van der Waals surface area contributed by atoms with E-state index in [-0.39, 0.29) is 12.1 Å². The van der Waals surface area contributed by atoms with Crippen molar-refractivity contribution in [2.45, 2.75) is 6.54 Å². The fourth-order valence-corrected chi connectivity index (χ4v) is 2.94. The van der Waals surface area contributed by atoms with Crippen molar-refractivity contribution >= 4 is 17.0 Å². The number of fused-ring (bicyclic) bond motifs is 1. The van der Waals surface area contributed by atoms with Crippen molar-refractivity contribution in [1.29, 1.82) is 0 Å². The Labute approximate surface area is 165 Å². The first-order chi connectivity index (χ1) is 14.1. The molecule has 1 N–H and O–H groups in total. The van der Waals surface area contributed by atoms with Crippen LogP contribution in [0, 0.1) is 5.82 Å². The number of ether oxygens (including phenoxy) is 1. The van der Waals surface area contributed by atoms with Crippen LogP contribution in [-0.4, -0.2) is 15.6 Å². The summed E-state index contributed by atoms with van der Waals surface area (Å²) in [6, 6.07) is 21.0. The van der Waals surface area contributed by atoms with Crippen molar-refractivity contribution in [2.75, 3.05) is 0 Å². The lowest BCUT2D eigenvalue weighted by Crippen LogP contribution is -2.31. The van der Waals surface area contributed by atoms with Crippen LogP contribution in [0.15, 0.2) is 83.7 Å². The van der Waals surface area contributed by atoms with Gasteiger partial charge in [0.25, 0.3) is 5.56 Å². The van der Waals surface area contributed by atoms with E-state index in [2.05, 4.69) is 10.3 Å². The van der Waals surface area contributed by atoms with Crippen molar-refractivity contribution in [3.05, 3.63) is 101 Å². The van der Waals surface area contributed by atoms with E-state index in [0.717, 1.165) is 0 Å². The van der Waals surface area contributed by atoms with Crippen LogP contribution in [0.1, 0.15) is 5.82 Å². The normalized spacial score (nSPS) is 10.7. The lowest BCUT2D eigenvalue weighted by molar-refractivity contribution is 0.199. The molecule has 7 heteroatoms. The fraction of sp³-hybridized carbons (Fsp3) is 0.0455. The van der Waals surface area contributed by atoms with Crippen LogP contribution in [0.2, 0.25) is 0 Å². The average Bonchev–Trinajstić information content (AvgIpc) is 2.74. The Morgan fingerprint density at radius 1 is 0.966 bits per heavy atom. The molecule has 0 aliphatic carbocycles. The van der Waals surface area contributed by atoms with Gasteiger partial charge in [0.2, 0.25) is 0 Å². The first kappa shape index (κ1) is 18.4. The van der Waals surface area contributed by atoms with Crippen molar-refractivity contribution < 1.29 is 13.9 Å². The molecule has 0 fully saturated rings. The maximum absolute atomic E-state index is 13.3. The molecule has 0 saturated heterocycles. The van der Waals surface area contributed by atoms with E-state index in [1.807, 2.05) is 6.07 Å². The van der Waals surface area contributed by atoms with Crippen molar-refractivity contribution in [3.63, 3.8) is 0 Å². The molecule has 0 aliphatic heterocycles. The third kappa shape index (κ3) is 3.98. The Morgan fingerprint density at radius 2 is 1.66 bits per heavy atom. The molecule has 1 aromatic heterocycles. The summed E-state index contributed by atoms with van der Waals surface area (Å²) in [6.07, 6.45) is -0.677. The number of carbonyl (C=O) groups excluding carboxylic acids is 1. The number of halogens is 1. The standard InChI is InChI=1S/C22H16FN3O3/c23-15-10-12-16(13-11-15)26-20(25-19-9-5-4-8-18(19)21(26)27)14-24-22(28)29-17-6-2-1-3-7-17/h1-13H,14H2,(H,24,28). The number of hydrogen-bond donors (Lipinski definition) is 1. The first-order valence-electron chi connectivity index (χ1n) is 8.89. The molecule has 0 bridgehead atoms. The highest BCUT2D eigenvalue weighted by Gasteiger charge is 2.14. The van der Waals surface area contributed by atoms with Crippen LogP contribution < -0.4 is 15.6 Å². The monoisotopic (exact) mass is 389 g/mol. The van der Waals surface area contributed by atoms with E-state index in [9.17, 15) is 14.0 Å². The molecule has 0 radical (unpaired) electrons. The molecule has 1 heterocycles. The lowest BCUT2D eigenvalue weighted by Gasteiger charge is -2.14. The Bertz CT molecular complexity index is 1220. The predicted molar refractivity (Wildman–Crippen MR) is 107 cm³/mol. The van der Waals surface area contributed by atoms with Gasteiger partial charge < -0.3 is 10.1 Å². The Morgan fingerprint density at radius 3 is 2.41 bits per heavy atom. The van der Waals surface area contributed by atoms with Gasteiger partial charge >= 0.3 is 6.09 Å². The number of nitrogens with one attached hydrogen (secondary N) is 1. The topological polar surface area (TPSA) is 73.2 Å². The summed E-state index contributed by atoms with van der Waals surface area (Å²) >= 11 is 0. The highest BCUT2D eigenvalue weighted by atomic mass is 19.1. The summed E-state index contributed by atoms with van der Waals surface area (Å²) < 4.78 is 19.9. The van der Waals surface area contributed by atoms with E-state index in [4.69, 9.17) is 4.74 Å². The van der Waals surface area contributed by atoms with Gasteiger partial charge in [-0.25, -0.2) is 14.2 Å². The zero-order valence-corrected chi connectivity index (χ0v) is 15.2. The zero-order chi connectivity index (χ0) is 20.2. The quantitative estimate of drug-likeness (QED) is 0.576. The second kappa shape index (κ2) is 7.93. The first-order valence-corrected chi connectivity index (χ1v) is 8.89. The van der Waals surface area contributed by atoms with Crippen molar-refractivity contribution in [3.8, 4) is 11.4 Å². The molecular weight excluding hydrogens is 373 g/mol. The molecule has 4 rings (SSSR count). The van der Waals surface area contributed by atoms with Gasteiger partial charge in [-0.2, -0.15) is 0 Å². The summed E-state index contributed by atoms with van der Waals surface area (Å²) in [6.45, 7) is -0.0525. The summed E-state index contributed by atoms with van der Waals surface area (Å²) in [5, 5.41) is 3.03. The van der Waals surface area contributed by atoms with E-state index in [0.29, 0.717) is 28.2 Å². The van der Waals surface area contributed by atoms with Gasteiger partial charge in [-0.15, -0.1) is 0 Å². The Kier molecular flexibility index (Phi) is 5.03. The van der Waals surface area contributed by atoms with E-state index in [1.54, 1.807) is 48.5 Å². The van der Waals surface area contributed by atoms with Crippen molar-refractivity contribution in [2.24, 2.45) is 0 Å². The van der Waals surface area contributed by atoms with Gasteiger partial charge in [-0.3, -0.25) is 9.36 Å². The smallest absolute Gasteiger partial charge is 0.410 e. The second-order valence-electron chi connectivity index (χ2n) is 6.22. The third-order valence-corrected chi connectivity index (χ3v) is 4.27. The van der Waals surface area contributed by atoms with Gasteiger partial charge in [-0.1, -0.05) is 30.3 Å². The van der Waals surface area contributed by atoms with Crippen molar-refractivity contribution in [1.82, 2.24) is 14.9 Å². The summed E-state index contributed by atoms with van der Waals surface area (Å²) in [4.78, 5) is 29.7. The number of carbonyl (C=O) groups is 1. The molecule has 3 aromatic carbocycles. The fourth-order valence-electron chi connectivity index (χ4n) is 2.94.